The highest BCUT2D eigenvalue weighted by atomic mass is 16.3. The SMILES string of the molecule is CC1CC1c1ccc(CN(CC(=O)NC(C)(C#N)C2CC2)C2CC2)o1. The van der Waals surface area contributed by atoms with Gasteiger partial charge in [0.1, 0.15) is 17.1 Å². The Bertz CT molecular complexity index is 698. The minimum absolute atomic E-state index is 0.0505. The fourth-order valence-corrected chi connectivity index (χ4v) is 3.75. The van der Waals surface area contributed by atoms with Gasteiger partial charge in [-0.15, -0.1) is 0 Å². The van der Waals surface area contributed by atoms with E-state index in [4.69, 9.17) is 4.42 Å². The summed E-state index contributed by atoms with van der Waals surface area (Å²) in [4.78, 5) is 14.7. The second-order valence-electron chi connectivity index (χ2n) is 8.40. The average Bonchev–Trinajstić information content (AvgIpc) is 3.43. The van der Waals surface area contributed by atoms with Gasteiger partial charge in [-0.05, 0) is 63.0 Å². The van der Waals surface area contributed by atoms with Crippen molar-refractivity contribution in [2.24, 2.45) is 11.8 Å². The number of nitrogens with zero attached hydrogens (tertiary/aromatic N) is 2. The normalized spacial score (nSPS) is 27.6. The zero-order chi connectivity index (χ0) is 17.6. The number of nitrogens with one attached hydrogen (secondary N) is 1. The lowest BCUT2D eigenvalue weighted by atomic mass is 9.98. The van der Waals surface area contributed by atoms with Crippen LogP contribution in [0.5, 0.6) is 0 Å². The number of furan rings is 1. The third-order valence-corrected chi connectivity index (χ3v) is 5.95. The van der Waals surface area contributed by atoms with Gasteiger partial charge < -0.3 is 9.73 Å². The third kappa shape index (κ3) is 3.74. The zero-order valence-corrected chi connectivity index (χ0v) is 15.1. The molecule has 0 spiro atoms. The molecule has 3 atom stereocenters. The van der Waals surface area contributed by atoms with Crippen LogP contribution >= 0.6 is 0 Å². The van der Waals surface area contributed by atoms with E-state index in [2.05, 4.69) is 35.3 Å². The zero-order valence-electron chi connectivity index (χ0n) is 15.1. The summed E-state index contributed by atoms with van der Waals surface area (Å²) in [6, 6.07) is 6.91. The van der Waals surface area contributed by atoms with Gasteiger partial charge in [-0.3, -0.25) is 9.69 Å². The summed E-state index contributed by atoms with van der Waals surface area (Å²) in [5.41, 5.74) is -0.716. The van der Waals surface area contributed by atoms with Gasteiger partial charge in [0.15, 0.2) is 0 Å². The Morgan fingerprint density at radius 3 is 2.68 bits per heavy atom. The first kappa shape index (κ1) is 16.7. The molecule has 25 heavy (non-hydrogen) atoms. The highest BCUT2D eigenvalue weighted by molar-refractivity contribution is 5.79. The summed E-state index contributed by atoms with van der Waals surface area (Å²) in [6.07, 6.45) is 5.56. The van der Waals surface area contributed by atoms with Crippen LogP contribution in [0.2, 0.25) is 0 Å². The van der Waals surface area contributed by atoms with Crippen LogP contribution in [0, 0.1) is 23.2 Å². The smallest absolute Gasteiger partial charge is 0.235 e. The van der Waals surface area contributed by atoms with E-state index < -0.39 is 5.54 Å². The van der Waals surface area contributed by atoms with E-state index in [1.807, 2.05) is 6.92 Å². The van der Waals surface area contributed by atoms with Gasteiger partial charge in [0.25, 0.3) is 0 Å². The minimum Gasteiger partial charge on any atom is -0.464 e. The first-order valence-electron chi connectivity index (χ1n) is 9.53. The van der Waals surface area contributed by atoms with Gasteiger partial charge in [0.2, 0.25) is 5.91 Å². The third-order valence-electron chi connectivity index (χ3n) is 5.95. The maximum Gasteiger partial charge on any atom is 0.235 e. The second-order valence-corrected chi connectivity index (χ2v) is 8.40. The predicted molar refractivity (Wildman–Crippen MR) is 93.5 cm³/mol. The van der Waals surface area contributed by atoms with Crippen LogP contribution in [-0.2, 0) is 11.3 Å². The standard InChI is InChI=1S/C20H27N3O2/c1-13-9-17(13)18-8-7-16(25-18)10-23(15-5-6-15)11-19(24)22-20(2,12-21)14-3-4-14/h7-8,13-15,17H,3-6,9-11H2,1-2H3,(H,22,24). The molecule has 134 valence electrons. The summed E-state index contributed by atoms with van der Waals surface area (Å²) >= 11 is 0. The first-order chi connectivity index (χ1) is 12.0. The summed E-state index contributed by atoms with van der Waals surface area (Å²) < 4.78 is 6.01. The quantitative estimate of drug-likeness (QED) is 0.788. The Hall–Kier alpha value is -1.80. The van der Waals surface area contributed by atoms with E-state index in [9.17, 15) is 10.1 Å². The molecule has 3 unspecified atom stereocenters. The molecule has 3 aliphatic carbocycles. The number of hydrogen-bond acceptors (Lipinski definition) is 4. The second kappa shape index (κ2) is 6.17. The largest absolute Gasteiger partial charge is 0.464 e. The Morgan fingerprint density at radius 2 is 2.12 bits per heavy atom. The van der Waals surface area contributed by atoms with Gasteiger partial charge in [0.05, 0.1) is 19.2 Å². The van der Waals surface area contributed by atoms with Crippen molar-refractivity contribution < 1.29 is 9.21 Å². The molecular formula is C20H27N3O2. The lowest BCUT2D eigenvalue weighted by Gasteiger charge is -2.26. The Labute approximate surface area is 149 Å². The fraction of sp³-hybridized carbons (Fsp3) is 0.700. The highest BCUT2D eigenvalue weighted by Gasteiger charge is 2.43. The van der Waals surface area contributed by atoms with E-state index in [0.717, 1.165) is 43.1 Å². The molecule has 1 N–H and O–H groups in total. The van der Waals surface area contributed by atoms with Crippen molar-refractivity contribution in [3.05, 3.63) is 23.7 Å². The van der Waals surface area contributed by atoms with Crippen LogP contribution < -0.4 is 5.32 Å². The van der Waals surface area contributed by atoms with Crippen LogP contribution in [0.1, 0.15) is 63.4 Å². The fourth-order valence-electron chi connectivity index (χ4n) is 3.75. The summed E-state index contributed by atoms with van der Waals surface area (Å²) in [5.74, 6) is 3.61. The average molecular weight is 341 g/mol. The number of hydrogen-bond donors (Lipinski definition) is 1. The Balaban J connectivity index is 1.36. The molecule has 5 heteroatoms. The van der Waals surface area contributed by atoms with Crippen molar-refractivity contribution in [3.8, 4) is 6.07 Å². The van der Waals surface area contributed by atoms with E-state index in [1.165, 1.54) is 6.42 Å². The van der Waals surface area contributed by atoms with Crippen LogP contribution in [0.4, 0.5) is 0 Å². The maximum atomic E-state index is 12.5. The van der Waals surface area contributed by atoms with Crippen LogP contribution in [0.25, 0.3) is 0 Å². The number of rotatable bonds is 8. The Morgan fingerprint density at radius 1 is 1.40 bits per heavy atom. The van der Waals surface area contributed by atoms with Crippen LogP contribution in [-0.4, -0.2) is 28.9 Å². The molecule has 1 aromatic rings. The maximum absolute atomic E-state index is 12.5. The van der Waals surface area contributed by atoms with Crippen molar-refractivity contribution in [2.75, 3.05) is 6.54 Å². The lowest BCUT2D eigenvalue weighted by molar-refractivity contribution is -0.124. The van der Waals surface area contributed by atoms with Crippen molar-refractivity contribution in [1.82, 2.24) is 10.2 Å². The van der Waals surface area contributed by atoms with E-state index in [1.54, 1.807) is 0 Å². The molecule has 0 bridgehead atoms. The van der Waals surface area contributed by atoms with Crippen molar-refractivity contribution in [1.29, 1.82) is 5.26 Å². The molecule has 1 aromatic heterocycles. The molecule has 4 rings (SSSR count). The van der Waals surface area contributed by atoms with Crippen molar-refractivity contribution in [2.45, 2.75) is 70.0 Å². The van der Waals surface area contributed by atoms with Crippen LogP contribution in [0.15, 0.2) is 16.5 Å². The summed E-state index contributed by atoms with van der Waals surface area (Å²) in [7, 11) is 0. The molecule has 0 aromatic carbocycles. The van der Waals surface area contributed by atoms with Gasteiger partial charge in [-0.25, -0.2) is 0 Å². The number of nitriles is 1. The molecular weight excluding hydrogens is 314 g/mol. The molecule has 1 heterocycles. The van der Waals surface area contributed by atoms with Crippen molar-refractivity contribution in [3.63, 3.8) is 0 Å². The van der Waals surface area contributed by atoms with Gasteiger partial charge in [-0.2, -0.15) is 5.26 Å². The molecule has 3 aliphatic rings. The minimum atomic E-state index is -0.716. The van der Waals surface area contributed by atoms with E-state index >= 15 is 0 Å². The van der Waals surface area contributed by atoms with E-state index in [-0.39, 0.29) is 5.91 Å². The molecule has 0 radical (unpaired) electrons. The number of carbonyl (C=O) groups is 1. The first-order valence-corrected chi connectivity index (χ1v) is 9.53. The lowest BCUT2D eigenvalue weighted by Crippen LogP contribution is -2.50. The summed E-state index contributed by atoms with van der Waals surface area (Å²) in [6.45, 7) is 5.11. The molecule has 0 aliphatic heterocycles. The van der Waals surface area contributed by atoms with Gasteiger partial charge in [0, 0.05) is 12.0 Å². The molecule has 5 nitrogen and oxygen atoms in total. The topological polar surface area (TPSA) is 69.3 Å². The van der Waals surface area contributed by atoms with Crippen LogP contribution in [0.3, 0.4) is 0 Å². The molecule has 1 amide bonds. The molecule has 3 saturated carbocycles. The Kier molecular flexibility index (Phi) is 4.11. The predicted octanol–water partition coefficient (Wildman–Crippen LogP) is 3.18. The molecule has 3 fully saturated rings. The monoisotopic (exact) mass is 341 g/mol. The van der Waals surface area contributed by atoms with Crippen molar-refractivity contribution >= 4 is 5.91 Å². The van der Waals surface area contributed by atoms with Gasteiger partial charge >= 0.3 is 0 Å². The van der Waals surface area contributed by atoms with Gasteiger partial charge in [-0.1, -0.05) is 6.92 Å². The molecule has 0 saturated heterocycles. The number of carbonyl (C=O) groups excluding carboxylic acids is 1. The van der Waals surface area contributed by atoms with E-state index in [0.29, 0.717) is 31.0 Å². The highest BCUT2D eigenvalue weighted by Crippen LogP contribution is 2.47. The number of amides is 1. The summed E-state index contributed by atoms with van der Waals surface area (Å²) in [5, 5.41) is 12.4.